The minimum Gasteiger partial charge on any atom is -0.357 e. The zero-order valence-electron chi connectivity index (χ0n) is 15.0. The standard InChI is InChI=1S/C18H31N5/c1-6-9-10-13-22(5)18(19-4)21-15-16-11-12-17(20-14-16)23(7-2)8-3/h6,11-12,14H,1,7-10,13,15H2,2-5H3,(H,19,21). The van der Waals surface area contributed by atoms with Crippen LogP contribution in [0.2, 0.25) is 0 Å². The van der Waals surface area contributed by atoms with Crippen molar-refractivity contribution in [3.05, 3.63) is 36.5 Å². The summed E-state index contributed by atoms with van der Waals surface area (Å²) in [6.45, 7) is 11.7. The predicted molar refractivity (Wildman–Crippen MR) is 100 cm³/mol. The first kappa shape index (κ1) is 19.0. The Balaban J connectivity index is 2.54. The number of anilines is 1. The molecule has 0 radical (unpaired) electrons. The lowest BCUT2D eigenvalue weighted by Crippen LogP contribution is -2.39. The normalized spacial score (nSPS) is 11.2. The van der Waals surface area contributed by atoms with Gasteiger partial charge in [0.1, 0.15) is 5.82 Å². The minimum atomic E-state index is 0.726. The fourth-order valence-electron chi connectivity index (χ4n) is 2.40. The lowest BCUT2D eigenvalue weighted by Gasteiger charge is -2.22. The first-order chi connectivity index (χ1) is 11.2. The number of hydrogen-bond acceptors (Lipinski definition) is 3. The van der Waals surface area contributed by atoms with Gasteiger partial charge in [0.2, 0.25) is 0 Å². The van der Waals surface area contributed by atoms with Crippen molar-refractivity contribution in [2.75, 3.05) is 38.6 Å². The molecular weight excluding hydrogens is 286 g/mol. The van der Waals surface area contributed by atoms with Gasteiger partial charge in [-0.25, -0.2) is 4.98 Å². The van der Waals surface area contributed by atoms with Crippen LogP contribution in [-0.4, -0.2) is 49.6 Å². The summed E-state index contributed by atoms with van der Waals surface area (Å²) in [7, 11) is 3.87. The third-order valence-corrected chi connectivity index (χ3v) is 3.82. The van der Waals surface area contributed by atoms with Crippen molar-refractivity contribution < 1.29 is 0 Å². The van der Waals surface area contributed by atoms with E-state index in [1.807, 2.05) is 19.3 Å². The van der Waals surface area contributed by atoms with E-state index in [1.165, 1.54) is 0 Å². The number of pyridine rings is 1. The second-order valence-corrected chi connectivity index (χ2v) is 5.45. The van der Waals surface area contributed by atoms with E-state index in [0.717, 1.165) is 56.4 Å². The van der Waals surface area contributed by atoms with Gasteiger partial charge in [0, 0.05) is 46.5 Å². The Morgan fingerprint density at radius 1 is 1.35 bits per heavy atom. The topological polar surface area (TPSA) is 43.8 Å². The van der Waals surface area contributed by atoms with Gasteiger partial charge in [0.05, 0.1) is 0 Å². The van der Waals surface area contributed by atoms with Crippen LogP contribution in [-0.2, 0) is 6.54 Å². The third-order valence-electron chi connectivity index (χ3n) is 3.82. The average molecular weight is 317 g/mol. The predicted octanol–water partition coefficient (Wildman–Crippen LogP) is 2.90. The van der Waals surface area contributed by atoms with Gasteiger partial charge in [-0.3, -0.25) is 4.99 Å². The third kappa shape index (κ3) is 6.30. The summed E-state index contributed by atoms with van der Waals surface area (Å²) in [6.07, 6.45) is 6.00. The lowest BCUT2D eigenvalue weighted by molar-refractivity contribution is 0.470. The van der Waals surface area contributed by atoms with Crippen molar-refractivity contribution in [1.82, 2.24) is 15.2 Å². The smallest absolute Gasteiger partial charge is 0.193 e. The van der Waals surface area contributed by atoms with E-state index in [1.54, 1.807) is 0 Å². The van der Waals surface area contributed by atoms with Gasteiger partial charge in [-0.05, 0) is 38.3 Å². The van der Waals surface area contributed by atoms with Crippen molar-refractivity contribution in [2.24, 2.45) is 4.99 Å². The molecule has 0 amide bonds. The quantitative estimate of drug-likeness (QED) is 0.329. The first-order valence-electron chi connectivity index (χ1n) is 8.38. The molecule has 5 nitrogen and oxygen atoms in total. The van der Waals surface area contributed by atoms with Gasteiger partial charge in [0.25, 0.3) is 0 Å². The summed E-state index contributed by atoms with van der Waals surface area (Å²) in [4.78, 5) is 13.3. The van der Waals surface area contributed by atoms with Gasteiger partial charge < -0.3 is 15.1 Å². The van der Waals surface area contributed by atoms with Crippen molar-refractivity contribution in [3.63, 3.8) is 0 Å². The Hall–Kier alpha value is -2.04. The molecule has 0 unspecified atom stereocenters. The maximum absolute atomic E-state index is 4.55. The Kier molecular flexibility index (Phi) is 8.80. The Bertz CT molecular complexity index is 477. The van der Waals surface area contributed by atoms with E-state index in [-0.39, 0.29) is 0 Å². The molecule has 0 aliphatic rings. The monoisotopic (exact) mass is 317 g/mol. The SMILES string of the molecule is C=CCCCN(C)C(=NC)NCc1ccc(N(CC)CC)nc1. The average Bonchev–Trinajstić information content (AvgIpc) is 2.58. The molecule has 0 bridgehead atoms. The Labute approximate surface area is 141 Å². The molecule has 0 aliphatic heterocycles. The fraction of sp³-hybridized carbons (Fsp3) is 0.556. The minimum absolute atomic E-state index is 0.726. The molecule has 0 saturated carbocycles. The zero-order chi connectivity index (χ0) is 17.1. The number of nitrogens with zero attached hydrogens (tertiary/aromatic N) is 4. The number of unbranched alkanes of at least 4 members (excludes halogenated alkanes) is 1. The first-order valence-corrected chi connectivity index (χ1v) is 8.38. The number of nitrogens with one attached hydrogen (secondary N) is 1. The van der Waals surface area contributed by atoms with Gasteiger partial charge in [-0.1, -0.05) is 12.1 Å². The van der Waals surface area contributed by atoms with E-state index < -0.39 is 0 Å². The highest BCUT2D eigenvalue weighted by Crippen LogP contribution is 2.10. The van der Waals surface area contributed by atoms with Crippen LogP contribution in [0.5, 0.6) is 0 Å². The highest BCUT2D eigenvalue weighted by atomic mass is 15.3. The maximum atomic E-state index is 4.55. The summed E-state index contributed by atoms with van der Waals surface area (Å²) in [5.74, 6) is 1.94. The fourth-order valence-corrected chi connectivity index (χ4v) is 2.40. The molecule has 1 aromatic heterocycles. The molecular formula is C18H31N5. The molecule has 0 saturated heterocycles. The van der Waals surface area contributed by atoms with Gasteiger partial charge in [-0.15, -0.1) is 6.58 Å². The zero-order valence-corrected chi connectivity index (χ0v) is 15.0. The number of guanidine groups is 1. The van der Waals surface area contributed by atoms with E-state index in [2.05, 4.69) is 64.7 Å². The Morgan fingerprint density at radius 3 is 2.61 bits per heavy atom. The van der Waals surface area contributed by atoms with E-state index in [4.69, 9.17) is 0 Å². The lowest BCUT2D eigenvalue weighted by atomic mass is 10.2. The number of aromatic nitrogens is 1. The summed E-state index contributed by atoms with van der Waals surface area (Å²) in [5.41, 5.74) is 1.15. The molecule has 0 fully saturated rings. The van der Waals surface area contributed by atoms with Crippen molar-refractivity contribution in [2.45, 2.75) is 33.2 Å². The number of allylic oxidation sites excluding steroid dienone is 1. The molecule has 1 heterocycles. The molecule has 0 aliphatic carbocycles. The van der Waals surface area contributed by atoms with Crippen LogP contribution < -0.4 is 10.2 Å². The van der Waals surface area contributed by atoms with Gasteiger partial charge >= 0.3 is 0 Å². The largest absolute Gasteiger partial charge is 0.357 e. The molecule has 128 valence electrons. The van der Waals surface area contributed by atoms with Gasteiger partial charge in [0.15, 0.2) is 5.96 Å². The van der Waals surface area contributed by atoms with Crippen LogP contribution in [0.25, 0.3) is 0 Å². The van der Waals surface area contributed by atoms with E-state index in [9.17, 15) is 0 Å². The maximum Gasteiger partial charge on any atom is 0.193 e. The summed E-state index contributed by atoms with van der Waals surface area (Å²) >= 11 is 0. The molecule has 23 heavy (non-hydrogen) atoms. The van der Waals surface area contributed by atoms with E-state index >= 15 is 0 Å². The highest BCUT2D eigenvalue weighted by molar-refractivity contribution is 5.79. The summed E-state index contributed by atoms with van der Waals surface area (Å²) < 4.78 is 0. The molecule has 0 spiro atoms. The van der Waals surface area contributed by atoms with Crippen LogP contribution in [0.15, 0.2) is 36.0 Å². The van der Waals surface area contributed by atoms with Gasteiger partial charge in [-0.2, -0.15) is 0 Å². The van der Waals surface area contributed by atoms with Crippen LogP contribution in [0, 0.1) is 0 Å². The number of aliphatic imine (C=N–C) groups is 1. The molecule has 1 aromatic rings. The van der Waals surface area contributed by atoms with Crippen molar-refractivity contribution in [3.8, 4) is 0 Å². The van der Waals surface area contributed by atoms with Crippen LogP contribution >= 0.6 is 0 Å². The van der Waals surface area contributed by atoms with E-state index in [0.29, 0.717) is 0 Å². The number of hydrogen-bond donors (Lipinski definition) is 1. The highest BCUT2D eigenvalue weighted by Gasteiger charge is 2.06. The second-order valence-electron chi connectivity index (χ2n) is 5.45. The molecule has 0 aromatic carbocycles. The molecule has 1 N–H and O–H groups in total. The van der Waals surface area contributed by atoms with Crippen molar-refractivity contribution in [1.29, 1.82) is 0 Å². The van der Waals surface area contributed by atoms with Crippen LogP contribution in [0.4, 0.5) is 5.82 Å². The summed E-state index contributed by atoms with van der Waals surface area (Å²) in [6, 6.07) is 4.21. The van der Waals surface area contributed by atoms with Crippen LogP contribution in [0.3, 0.4) is 0 Å². The van der Waals surface area contributed by atoms with Crippen LogP contribution in [0.1, 0.15) is 32.3 Å². The van der Waals surface area contributed by atoms with Crippen molar-refractivity contribution >= 4 is 11.8 Å². The second kappa shape index (κ2) is 10.6. The molecule has 5 heteroatoms. The molecule has 0 atom stereocenters. The Morgan fingerprint density at radius 2 is 2.09 bits per heavy atom. The summed E-state index contributed by atoms with van der Waals surface area (Å²) in [5, 5.41) is 3.39. The number of rotatable bonds is 9. The molecule has 1 rings (SSSR count).